The standard InChI is InChI=1S/C15H15BrO3/c1-3-7-15(14(18)19-2)8-6-10-4-5-11(16)9-12(10)13(15)17/h3-5,9H,1,6-8H2,2H3/t15-/m1/s1. The summed E-state index contributed by atoms with van der Waals surface area (Å²) in [7, 11) is 1.32. The molecule has 0 fully saturated rings. The Hall–Kier alpha value is -1.42. The maximum absolute atomic E-state index is 12.7. The molecule has 19 heavy (non-hydrogen) atoms. The molecule has 0 radical (unpaired) electrons. The summed E-state index contributed by atoms with van der Waals surface area (Å²) in [4.78, 5) is 24.8. The van der Waals surface area contributed by atoms with Crippen LogP contribution in [0.15, 0.2) is 35.3 Å². The van der Waals surface area contributed by atoms with Gasteiger partial charge >= 0.3 is 5.97 Å². The summed E-state index contributed by atoms with van der Waals surface area (Å²) in [5.74, 6) is -0.634. The van der Waals surface area contributed by atoms with Gasteiger partial charge in [-0.1, -0.05) is 28.1 Å². The van der Waals surface area contributed by atoms with E-state index >= 15 is 0 Å². The molecule has 2 rings (SSSR count). The van der Waals surface area contributed by atoms with Gasteiger partial charge in [0.1, 0.15) is 5.41 Å². The summed E-state index contributed by atoms with van der Waals surface area (Å²) in [6, 6.07) is 5.61. The Labute approximate surface area is 120 Å². The van der Waals surface area contributed by atoms with Gasteiger partial charge in [-0.2, -0.15) is 0 Å². The summed E-state index contributed by atoms with van der Waals surface area (Å²) >= 11 is 3.36. The van der Waals surface area contributed by atoms with Crippen LogP contribution in [0.4, 0.5) is 0 Å². The largest absolute Gasteiger partial charge is 0.468 e. The number of hydrogen-bond acceptors (Lipinski definition) is 3. The fraction of sp³-hybridized carbons (Fsp3) is 0.333. The van der Waals surface area contributed by atoms with Crippen molar-refractivity contribution in [2.75, 3.05) is 7.11 Å². The predicted molar refractivity (Wildman–Crippen MR) is 76.1 cm³/mol. The third kappa shape index (κ3) is 2.25. The second kappa shape index (κ2) is 5.29. The number of benzene rings is 1. The lowest BCUT2D eigenvalue weighted by atomic mass is 9.68. The molecule has 0 spiro atoms. The van der Waals surface area contributed by atoms with Crippen molar-refractivity contribution >= 4 is 27.7 Å². The number of ketones is 1. The molecule has 0 heterocycles. The van der Waals surface area contributed by atoms with Crippen LogP contribution >= 0.6 is 15.9 Å². The molecule has 1 aliphatic rings. The van der Waals surface area contributed by atoms with Crippen LogP contribution in [0.1, 0.15) is 28.8 Å². The van der Waals surface area contributed by atoms with Crippen LogP contribution < -0.4 is 0 Å². The van der Waals surface area contributed by atoms with E-state index in [-0.39, 0.29) is 5.78 Å². The number of Topliss-reactive ketones (excluding diaryl/α,β-unsaturated/α-hetero) is 1. The normalized spacial score (nSPS) is 21.7. The first-order chi connectivity index (χ1) is 9.05. The molecule has 0 saturated carbocycles. The number of rotatable bonds is 3. The minimum atomic E-state index is -1.11. The number of ether oxygens (including phenoxy) is 1. The lowest BCUT2D eigenvalue weighted by Crippen LogP contribution is -2.43. The quantitative estimate of drug-likeness (QED) is 0.487. The number of hydrogen-bond donors (Lipinski definition) is 0. The molecule has 1 atom stereocenters. The summed E-state index contributed by atoms with van der Waals surface area (Å²) in [5, 5.41) is 0. The Morgan fingerprint density at radius 3 is 2.95 bits per heavy atom. The molecule has 0 bridgehead atoms. The zero-order valence-corrected chi connectivity index (χ0v) is 12.3. The number of carbonyl (C=O) groups excluding carboxylic acids is 2. The van der Waals surface area contributed by atoms with E-state index in [0.29, 0.717) is 24.8 Å². The summed E-state index contributed by atoms with van der Waals surface area (Å²) in [6.07, 6.45) is 3.08. The van der Waals surface area contributed by atoms with Gasteiger partial charge in [0, 0.05) is 10.0 Å². The number of allylic oxidation sites excluding steroid dienone is 1. The van der Waals surface area contributed by atoms with E-state index in [0.717, 1.165) is 10.0 Å². The van der Waals surface area contributed by atoms with E-state index in [9.17, 15) is 9.59 Å². The van der Waals surface area contributed by atoms with Gasteiger partial charge in [-0.05, 0) is 37.0 Å². The monoisotopic (exact) mass is 322 g/mol. The zero-order valence-electron chi connectivity index (χ0n) is 10.7. The molecule has 1 aromatic rings. The molecule has 1 aliphatic carbocycles. The van der Waals surface area contributed by atoms with Crippen LogP contribution in [0.3, 0.4) is 0 Å². The van der Waals surface area contributed by atoms with E-state index in [4.69, 9.17) is 4.74 Å². The number of aryl methyl sites for hydroxylation is 1. The van der Waals surface area contributed by atoms with Gasteiger partial charge in [-0.25, -0.2) is 0 Å². The number of halogens is 1. The Kier molecular flexibility index (Phi) is 3.90. The molecule has 0 aliphatic heterocycles. The second-order valence-corrected chi connectivity index (χ2v) is 5.61. The highest BCUT2D eigenvalue weighted by Gasteiger charge is 2.48. The van der Waals surface area contributed by atoms with Crippen LogP contribution in [0.2, 0.25) is 0 Å². The maximum atomic E-state index is 12.7. The van der Waals surface area contributed by atoms with Crippen molar-refractivity contribution in [3.8, 4) is 0 Å². The molecule has 1 aromatic carbocycles. The predicted octanol–water partition coefficient (Wildman–Crippen LogP) is 3.31. The summed E-state index contributed by atoms with van der Waals surface area (Å²) in [5.41, 5.74) is 0.481. The van der Waals surface area contributed by atoms with E-state index in [1.165, 1.54) is 7.11 Å². The Morgan fingerprint density at radius 1 is 1.58 bits per heavy atom. The Morgan fingerprint density at radius 2 is 2.32 bits per heavy atom. The SMILES string of the molecule is C=CC[C@@]1(C(=O)OC)CCc2ccc(Br)cc2C1=O. The molecule has 0 N–H and O–H groups in total. The van der Waals surface area contributed by atoms with Gasteiger partial charge in [0.05, 0.1) is 7.11 Å². The van der Waals surface area contributed by atoms with E-state index in [1.807, 2.05) is 12.1 Å². The average Bonchev–Trinajstić information content (AvgIpc) is 2.42. The molecule has 0 saturated heterocycles. The highest BCUT2D eigenvalue weighted by Crippen LogP contribution is 2.40. The van der Waals surface area contributed by atoms with Crippen molar-refractivity contribution < 1.29 is 14.3 Å². The zero-order chi connectivity index (χ0) is 14.0. The Bertz CT molecular complexity index is 550. The van der Waals surface area contributed by atoms with Gasteiger partial charge < -0.3 is 4.74 Å². The molecule has 4 heteroatoms. The van der Waals surface area contributed by atoms with Gasteiger partial charge in [0.15, 0.2) is 5.78 Å². The van der Waals surface area contributed by atoms with Gasteiger partial charge in [0.25, 0.3) is 0 Å². The third-order valence-electron chi connectivity index (χ3n) is 3.64. The molecule has 0 amide bonds. The molecule has 0 aromatic heterocycles. The van der Waals surface area contributed by atoms with Crippen LogP contribution in [0.25, 0.3) is 0 Å². The van der Waals surface area contributed by atoms with Crippen molar-refractivity contribution in [3.05, 3.63) is 46.5 Å². The summed E-state index contributed by atoms with van der Waals surface area (Å²) in [6.45, 7) is 3.66. The first-order valence-electron chi connectivity index (χ1n) is 6.07. The smallest absolute Gasteiger partial charge is 0.320 e. The summed E-state index contributed by atoms with van der Waals surface area (Å²) < 4.78 is 5.67. The lowest BCUT2D eigenvalue weighted by Gasteiger charge is -2.33. The van der Waals surface area contributed by atoms with Crippen LogP contribution in [-0.2, 0) is 16.0 Å². The number of esters is 1. The van der Waals surface area contributed by atoms with Gasteiger partial charge in [-0.3, -0.25) is 9.59 Å². The topological polar surface area (TPSA) is 43.4 Å². The van der Waals surface area contributed by atoms with Crippen LogP contribution in [0, 0.1) is 5.41 Å². The highest BCUT2D eigenvalue weighted by molar-refractivity contribution is 9.10. The highest BCUT2D eigenvalue weighted by atomic mass is 79.9. The van der Waals surface area contributed by atoms with E-state index < -0.39 is 11.4 Å². The number of fused-ring (bicyclic) bond motifs is 1. The minimum Gasteiger partial charge on any atom is -0.468 e. The second-order valence-electron chi connectivity index (χ2n) is 4.70. The molecule has 3 nitrogen and oxygen atoms in total. The third-order valence-corrected chi connectivity index (χ3v) is 4.13. The van der Waals surface area contributed by atoms with Crippen LogP contribution in [-0.4, -0.2) is 18.9 Å². The van der Waals surface area contributed by atoms with E-state index in [1.54, 1.807) is 12.1 Å². The van der Waals surface area contributed by atoms with E-state index in [2.05, 4.69) is 22.5 Å². The fourth-order valence-corrected chi connectivity index (χ4v) is 2.97. The fourth-order valence-electron chi connectivity index (χ4n) is 2.61. The van der Waals surface area contributed by atoms with Crippen LogP contribution in [0.5, 0.6) is 0 Å². The van der Waals surface area contributed by atoms with Crippen molar-refractivity contribution in [1.29, 1.82) is 0 Å². The first kappa shape index (κ1) is 14.0. The van der Waals surface area contributed by atoms with Crippen molar-refractivity contribution in [2.45, 2.75) is 19.3 Å². The molecular weight excluding hydrogens is 308 g/mol. The lowest BCUT2D eigenvalue weighted by molar-refractivity contribution is -0.150. The molecule has 100 valence electrons. The average molecular weight is 323 g/mol. The molecule has 0 unspecified atom stereocenters. The number of carbonyl (C=O) groups is 2. The molecular formula is C15H15BrO3. The minimum absolute atomic E-state index is 0.165. The van der Waals surface area contributed by atoms with Gasteiger partial charge in [-0.15, -0.1) is 6.58 Å². The van der Waals surface area contributed by atoms with Crippen molar-refractivity contribution in [3.63, 3.8) is 0 Å². The van der Waals surface area contributed by atoms with Gasteiger partial charge in [0.2, 0.25) is 0 Å². The van der Waals surface area contributed by atoms with Crippen molar-refractivity contribution in [2.24, 2.45) is 5.41 Å². The Balaban J connectivity index is 2.53. The maximum Gasteiger partial charge on any atom is 0.320 e. The van der Waals surface area contributed by atoms with Crippen molar-refractivity contribution in [1.82, 2.24) is 0 Å². The first-order valence-corrected chi connectivity index (χ1v) is 6.87. The number of methoxy groups -OCH3 is 1.